The average Bonchev–Trinajstić information content (AvgIpc) is 2.95. The maximum absolute atomic E-state index is 6.31. The number of benzene rings is 1. The number of ether oxygens (including phenoxy) is 1. The first-order chi connectivity index (χ1) is 11.3. The van der Waals surface area contributed by atoms with Gasteiger partial charge in [-0.2, -0.15) is 5.10 Å². The number of para-hydroxylation sites is 1. The van der Waals surface area contributed by atoms with E-state index in [0.29, 0.717) is 6.04 Å². The topological polar surface area (TPSA) is 49.9 Å². The molecule has 1 atom stereocenters. The fourth-order valence-corrected chi connectivity index (χ4v) is 3.86. The van der Waals surface area contributed by atoms with E-state index in [4.69, 9.17) is 4.74 Å². The van der Waals surface area contributed by atoms with Crippen LogP contribution in [0.25, 0.3) is 0 Å². The second-order valence-corrected chi connectivity index (χ2v) is 7.01. The summed E-state index contributed by atoms with van der Waals surface area (Å²) in [6.45, 7) is 3.12. The van der Waals surface area contributed by atoms with Gasteiger partial charge in [-0.05, 0) is 57.2 Å². The lowest BCUT2D eigenvalue weighted by atomic mass is 9.73. The van der Waals surface area contributed by atoms with Crippen LogP contribution in [0.1, 0.15) is 55.0 Å². The van der Waals surface area contributed by atoms with Crippen LogP contribution in [0.2, 0.25) is 0 Å². The third-order valence-corrected chi connectivity index (χ3v) is 5.41. The van der Waals surface area contributed by atoms with E-state index < -0.39 is 0 Å². The molecular weight excluding hydrogens is 286 g/mol. The summed E-state index contributed by atoms with van der Waals surface area (Å²) in [5, 5.41) is 10.9. The number of fused-ring (bicyclic) bond motifs is 1. The zero-order valence-electron chi connectivity index (χ0n) is 13.8. The number of nitrogens with one attached hydrogen (secondary N) is 2. The Morgan fingerprint density at radius 2 is 2.22 bits per heavy atom. The summed E-state index contributed by atoms with van der Waals surface area (Å²) in [6, 6.07) is 8.95. The summed E-state index contributed by atoms with van der Waals surface area (Å²) < 4.78 is 6.31. The van der Waals surface area contributed by atoms with Gasteiger partial charge < -0.3 is 10.1 Å². The standard InChI is InChI=1S/C19H25N3O/c1-14-15(13-21-22-14)6-4-11-20-17-12-19(9-5-10-19)23-18-8-3-2-7-16(17)18/h2-3,7-8,13,17,20H,4-6,9-12H2,1H3,(H,21,22)/t17-/m1/s1. The van der Waals surface area contributed by atoms with Crippen molar-refractivity contribution in [1.29, 1.82) is 0 Å². The van der Waals surface area contributed by atoms with Crippen LogP contribution < -0.4 is 10.1 Å². The van der Waals surface area contributed by atoms with Crippen molar-refractivity contribution in [2.75, 3.05) is 6.54 Å². The van der Waals surface area contributed by atoms with Crippen LogP contribution in [-0.2, 0) is 6.42 Å². The van der Waals surface area contributed by atoms with Crippen LogP contribution in [-0.4, -0.2) is 22.3 Å². The lowest BCUT2D eigenvalue weighted by Crippen LogP contribution is -2.49. The van der Waals surface area contributed by atoms with E-state index in [2.05, 4.69) is 46.7 Å². The molecule has 1 fully saturated rings. The molecule has 2 N–H and O–H groups in total. The van der Waals surface area contributed by atoms with Crippen molar-refractivity contribution in [3.8, 4) is 5.75 Å². The number of hydrogen-bond acceptors (Lipinski definition) is 3. The molecule has 4 rings (SSSR count). The first-order valence-corrected chi connectivity index (χ1v) is 8.76. The molecule has 1 aromatic heterocycles. The van der Waals surface area contributed by atoms with E-state index in [1.54, 1.807) is 0 Å². The zero-order chi connectivity index (χ0) is 15.7. The van der Waals surface area contributed by atoms with E-state index in [1.807, 2.05) is 6.20 Å². The van der Waals surface area contributed by atoms with Crippen molar-refractivity contribution in [3.05, 3.63) is 47.3 Å². The molecule has 1 spiro atoms. The summed E-state index contributed by atoms with van der Waals surface area (Å²) in [5.74, 6) is 1.08. The van der Waals surface area contributed by atoms with E-state index in [9.17, 15) is 0 Å². The molecule has 2 aliphatic rings. The predicted octanol–water partition coefficient (Wildman–Crippen LogP) is 3.69. The lowest BCUT2D eigenvalue weighted by molar-refractivity contribution is -0.0368. The van der Waals surface area contributed by atoms with Gasteiger partial charge in [0.1, 0.15) is 11.4 Å². The fourth-order valence-electron chi connectivity index (χ4n) is 3.86. The molecule has 0 unspecified atom stereocenters. The number of rotatable bonds is 5. The van der Waals surface area contributed by atoms with Crippen LogP contribution >= 0.6 is 0 Å². The van der Waals surface area contributed by atoms with Gasteiger partial charge in [-0.1, -0.05) is 18.2 Å². The number of H-pyrrole nitrogens is 1. The van der Waals surface area contributed by atoms with Crippen molar-refractivity contribution < 1.29 is 4.74 Å². The van der Waals surface area contributed by atoms with Crippen molar-refractivity contribution in [3.63, 3.8) is 0 Å². The third-order valence-electron chi connectivity index (χ3n) is 5.41. The Kier molecular flexibility index (Phi) is 3.85. The Morgan fingerprint density at radius 3 is 2.96 bits per heavy atom. The monoisotopic (exact) mass is 311 g/mol. The summed E-state index contributed by atoms with van der Waals surface area (Å²) in [4.78, 5) is 0. The predicted molar refractivity (Wildman–Crippen MR) is 90.7 cm³/mol. The number of aromatic amines is 1. The van der Waals surface area contributed by atoms with E-state index >= 15 is 0 Å². The van der Waals surface area contributed by atoms with Crippen LogP contribution in [0.4, 0.5) is 0 Å². The molecule has 23 heavy (non-hydrogen) atoms. The highest BCUT2D eigenvalue weighted by Gasteiger charge is 2.45. The maximum Gasteiger partial charge on any atom is 0.124 e. The molecule has 1 saturated carbocycles. The molecule has 1 aromatic carbocycles. The van der Waals surface area contributed by atoms with E-state index in [-0.39, 0.29) is 5.60 Å². The summed E-state index contributed by atoms with van der Waals surface area (Å²) in [6.07, 6.45) is 8.96. The summed E-state index contributed by atoms with van der Waals surface area (Å²) in [7, 11) is 0. The number of aromatic nitrogens is 2. The van der Waals surface area contributed by atoms with Gasteiger partial charge >= 0.3 is 0 Å². The molecule has 0 radical (unpaired) electrons. The van der Waals surface area contributed by atoms with Crippen LogP contribution in [0.15, 0.2) is 30.5 Å². The number of nitrogens with zero attached hydrogens (tertiary/aromatic N) is 1. The van der Waals surface area contributed by atoms with Gasteiger partial charge in [-0.25, -0.2) is 0 Å². The van der Waals surface area contributed by atoms with Crippen LogP contribution in [0, 0.1) is 6.92 Å². The van der Waals surface area contributed by atoms with Crippen molar-refractivity contribution in [1.82, 2.24) is 15.5 Å². The van der Waals surface area contributed by atoms with Gasteiger partial charge in [-0.15, -0.1) is 0 Å². The molecule has 122 valence electrons. The Morgan fingerprint density at radius 1 is 1.35 bits per heavy atom. The highest BCUT2D eigenvalue weighted by atomic mass is 16.5. The molecule has 0 amide bonds. The molecule has 1 aliphatic carbocycles. The normalized spacial score (nSPS) is 21.5. The van der Waals surface area contributed by atoms with Crippen molar-refractivity contribution in [2.45, 2.75) is 57.1 Å². The maximum atomic E-state index is 6.31. The van der Waals surface area contributed by atoms with E-state index in [1.165, 1.54) is 36.1 Å². The first-order valence-electron chi connectivity index (χ1n) is 8.76. The lowest BCUT2D eigenvalue weighted by Gasteiger charge is -2.48. The summed E-state index contributed by atoms with van der Waals surface area (Å²) >= 11 is 0. The minimum atomic E-state index is 0.104. The molecule has 4 nitrogen and oxygen atoms in total. The first kappa shape index (κ1) is 14.8. The SMILES string of the molecule is Cc1[nH]ncc1CCCN[C@@H]1CC2(CCC2)Oc2ccccc21. The van der Waals surface area contributed by atoms with Crippen molar-refractivity contribution in [2.24, 2.45) is 0 Å². The van der Waals surface area contributed by atoms with Gasteiger partial charge in [-0.3, -0.25) is 5.10 Å². The zero-order valence-corrected chi connectivity index (χ0v) is 13.8. The van der Waals surface area contributed by atoms with E-state index in [0.717, 1.165) is 31.6 Å². The van der Waals surface area contributed by atoms with Gasteiger partial charge in [0.15, 0.2) is 0 Å². The summed E-state index contributed by atoms with van der Waals surface area (Å²) in [5.41, 5.74) is 3.95. The molecule has 0 bridgehead atoms. The van der Waals surface area contributed by atoms with Gasteiger partial charge in [0.05, 0.1) is 6.20 Å². The number of hydrogen-bond donors (Lipinski definition) is 2. The molecule has 2 heterocycles. The fraction of sp³-hybridized carbons (Fsp3) is 0.526. The molecule has 4 heteroatoms. The Bertz CT molecular complexity index is 675. The van der Waals surface area contributed by atoms with Gasteiger partial charge in [0, 0.05) is 23.7 Å². The second kappa shape index (κ2) is 6.00. The minimum absolute atomic E-state index is 0.104. The van der Waals surface area contributed by atoms with Crippen LogP contribution in [0.5, 0.6) is 5.75 Å². The molecule has 0 saturated heterocycles. The highest BCUT2D eigenvalue weighted by molar-refractivity contribution is 5.39. The van der Waals surface area contributed by atoms with Crippen LogP contribution in [0.3, 0.4) is 0 Å². The molecular formula is C19H25N3O. The largest absolute Gasteiger partial charge is 0.487 e. The minimum Gasteiger partial charge on any atom is -0.487 e. The third kappa shape index (κ3) is 2.88. The Hall–Kier alpha value is -1.81. The van der Waals surface area contributed by atoms with Gasteiger partial charge in [0.2, 0.25) is 0 Å². The number of aryl methyl sites for hydroxylation is 2. The smallest absolute Gasteiger partial charge is 0.124 e. The second-order valence-electron chi connectivity index (χ2n) is 7.01. The van der Waals surface area contributed by atoms with Gasteiger partial charge in [0.25, 0.3) is 0 Å². The quantitative estimate of drug-likeness (QED) is 0.828. The molecule has 1 aliphatic heterocycles. The van der Waals surface area contributed by atoms with Crippen molar-refractivity contribution >= 4 is 0 Å². The molecule has 2 aromatic rings. The Labute approximate surface area is 137 Å². The highest BCUT2D eigenvalue weighted by Crippen LogP contribution is 2.48. The average molecular weight is 311 g/mol. The Balaban J connectivity index is 1.39.